The van der Waals surface area contributed by atoms with E-state index in [1.54, 1.807) is 24.3 Å². The van der Waals surface area contributed by atoms with Crippen LogP contribution in [0, 0.1) is 11.3 Å². The Morgan fingerprint density at radius 2 is 1.95 bits per heavy atom. The van der Waals surface area contributed by atoms with Crippen LogP contribution in [-0.4, -0.2) is 5.91 Å². The SMILES string of the molecule is N#Cc1cc(NC(=O)c2cc(Br)ccc2Br)ccc1Cl. The lowest BCUT2D eigenvalue weighted by Crippen LogP contribution is -2.12. The first-order chi connectivity index (χ1) is 9.51. The number of rotatable bonds is 2. The number of nitrogens with zero attached hydrogens (tertiary/aromatic N) is 1. The summed E-state index contributed by atoms with van der Waals surface area (Å²) in [5, 5.41) is 12.0. The van der Waals surface area contributed by atoms with Gasteiger partial charge in [0.2, 0.25) is 0 Å². The molecule has 0 saturated heterocycles. The van der Waals surface area contributed by atoms with Gasteiger partial charge in [0.1, 0.15) is 6.07 Å². The van der Waals surface area contributed by atoms with Crippen LogP contribution in [0.1, 0.15) is 15.9 Å². The van der Waals surface area contributed by atoms with Gasteiger partial charge in [0, 0.05) is 14.6 Å². The molecule has 100 valence electrons. The first kappa shape index (κ1) is 15.0. The summed E-state index contributed by atoms with van der Waals surface area (Å²) in [5.74, 6) is -0.274. The second kappa shape index (κ2) is 6.40. The molecular weight excluding hydrogens is 407 g/mol. The van der Waals surface area contributed by atoms with Crippen molar-refractivity contribution >= 4 is 55.1 Å². The van der Waals surface area contributed by atoms with Crippen molar-refractivity contribution in [3.05, 3.63) is 61.5 Å². The monoisotopic (exact) mass is 412 g/mol. The minimum Gasteiger partial charge on any atom is -0.322 e. The molecule has 0 saturated carbocycles. The van der Waals surface area contributed by atoms with Crippen LogP contribution in [0.2, 0.25) is 5.02 Å². The quantitative estimate of drug-likeness (QED) is 0.753. The van der Waals surface area contributed by atoms with E-state index in [9.17, 15) is 4.79 Å². The number of hydrogen-bond acceptors (Lipinski definition) is 2. The maximum absolute atomic E-state index is 12.2. The van der Waals surface area contributed by atoms with E-state index in [1.165, 1.54) is 6.07 Å². The lowest BCUT2D eigenvalue weighted by Gasteiger charge is -2.08. The number of halogens is 3. The summed E-state index contributed by atoms with van der Waals surface area (Å²) in [7, 11) is 0. The van der Waals surface area contributed by atoms with Crippen LogP contribution in [0.4, 0.5) is 5.69 Å². The van der Waals surface area contributed by atoms with E-state index >= 15 is 0 Å². The van der Waals surface area contributed by atoms with Crippen molar-refractivity contribution in [1.82, 2.24) is 0 Å². The number of amides is 1. The summed E-state index contributed by atoms with van der Waals surface area (Å²) in [6, 6.07) is 12.0. The Labute approximate surface area is 137 Å². The molecule has 20 heavy (non-hydrogen) atoms. The molecular formula is C14H7Br2ClN2O. The molecule has 6 heteroatoms. The molecule has 0 bridgehead atoms. The summed E-state index contributed by atoms with van der Waals surface area (Å²) in [4.78, 5) is 12.2. The van der Waals surface area contributed by atoms with Crippen molar-refractivity contribution < 1.29 is 4.79 Å². The molecule has 0 radical (unpaired) electrons. The number of anilines is 1. The number of hydrogen-bond donors (Lipinski definition) is 1. The van der Waals surface area contributed by atoms with E-state index in [0.717, 1.165) is 4.47 Å². The van der Waals surface area contributed by atoms with Crippen LogP contribution in [0.5, 0.6) is 0 Å². The molecule has 0 atom stereocenters. The normalized spacial score (nSPS) is 9.90. The molecule has 1 amide bonds. The van der Waals surface area contributed by atoms with Crippen LogP contribution < -0.4 is 5.32 Å². The molecule has 0 aromatic heterocycles. The second-order valence-electron chi connectivity index (χ2n) is 3.88. The first-order valence-corrected chi connectivity index (χ1v) is 7.43. The van der Waals surface area contributed by atoms with Gasteiger partial charge < -0.3 is 5.32 Å². The fourth-order valence-corrected chi connectivity index (χ4v) is 2.51. The van der Waals surface area contributed by atoms with E-state index in [0.29, 0.717) is 26.3 Å². The number of nitriles is 1. The maximum atomic E-state index is 12.2. The molecule has 2 rings (SSSR count). The number of carbonyl (C=O) groups excluding carboxylic acids is 1. The molecule has 0 fully saturated rings. The highest BCUT2D eigenvalue weighted by Gasteiger charge is 2.11. The summed E-state index contributed by atoms with van der Waals surface area (Å²) < 4.78 is 1.49. The van der Waals surface area contributed by atoms with Gasteiger partial charge >= 0.3 is 0 Å². The molecule has 0 spiro atoms. The zero-order valence-electron chi connectivity index (χ0n) is 9.95. The predicted octanol–water partition coefficient (Wildman–Crippen LogP) is 4.99. The fourth-order valence-electron chi connectivity index (χ4n) is 1.56. The van der Waals surface area contributed by atoms with Crippen molar-refractivity contribution in [2.24, 2.45) is 0 Å². The van der Waals surface area contributed by atoms with Gasteiger partial charge in [-0.15, -0.1) is 0 Å². The molecule has 1 N–H and O–H groups in total. The minimum absolute atomic E-state index is 0.274. The van der Waals surface area contributed by atoms with Gasteiger partial charge in [-0.1, -0.05) is 27.5 Å². The second-order valence-corrected chi connectivity index (χ2v) is 6.06. The molecule has 2 aromatic carbocycles. The Hall–Kier alpha value is -1.35. The van der Waals surface area contributed by atoms with Crippen molar-refractivity contribution in [2.45, 2.75) is 0 Å². The first-order valence-electron chi connectivity index (χ1n) is 5.47. The molecule has 0 unspecified atom stereocenters. The third-order valence-electron chi connectivity index (χ3n) is 2.52. The van der Waals surface area contributed by atoms with E-state index in [4.69, 9.17) is 16.9 Å². The largest absolute Gasteiger partial charge is 0.322 e. The van der Waals surface area contributed by atoms with Gasteiger partial charge in [-0.2, -0.15) is 5.26 Å². The number of nitrogens with one attached hydrogen (secondary N) is 1. The van der Waals surface area contributed by atoms with Gasteiger partial charge in [-0.05, 0) is 52.3 Å². The van der Waals surface area contributed by atoms with Gasteiger partial charge in [-0.3, -0.25) is 4.79 Å². The lowest BCUT2D eigenvalue weighted by molar-refractivity contribution is 0.102. The predicted molar refractivity (Wildman–Crippen MR) is 86.0 cm³/mol. The average Bonchev–Trinajstić information content (AvgIpc) is 2.43. The molecule has 0 heterocycles. The summed E-state index contributed by atoms with van der Waals surface area (Å²) in [5.41, 5.74) is 1.33. The Bertz CT molecular complexity index is 726. The summed E-state index contributed by atoms with van der Waals surface area (Å²) >= 11 is 12.5. The Morgan fingerprint density at radius 1 is 1.20 bits per heavy atom. The van der Waals surface area contributed by atoms with E-state index in [2.05, 4.69) is 37.2 Å². The van der Waals surface area contributed by atoms with Crippen LogP contribution in [0.25, 0.3) is 0 Å². The van der Waals surface area contributed by atoms with Crippen LogP contribution in [-0.2, 0) is 0 Å². The van der Waals surface area contributed by atoms with Gasteiger partial charge in [0.25, 0.3) is 5.91 Å². The Morgan fingerprint density at radius 3 is 2.65 bits per heavy atom. The zero-order valence-corrected chi connectivity index (χ0v) is 13.9. The standard InChI is InChI=1S/C14H7Br2ClN2O/c15-9-1-3-12(16)11(6-9)14(20)19-10-2-4-13(17)8(5-10)7-18/h1-6H,(H,19,20). The van der Waals surface area contributed by atoms with Crippen LogP contribution in [0.15, 0.2) is 45.3 Å². The third kappa shape index (κ3) is 3.40. The van der Waals surface area contributed by atoms with Crippen molar-refractivity contribution in [3.63, 3.8) is 0 Å². The summed E-state index contributed by atoms with van der Waals surface area (Å²) in [6.07, 6.45) is 0. The van der Waals surface area contributed by atoms with Gasteiger partial charge in [0.15, 0.2) is 0 Å². The maximum Gasteiger partial charge on any atom is 0.256 e. The van der Waals surface area contributed by atoms with Gasteiger partial charge in [0.05, 0.1) is 16.1 Å². The molecule has 0 aliphatic carbocycles. The molecule has 2 aromatic rings. The number of carbonyl (C=O) groups is 1. The van der Waals surface area contributed by atoms with E-state index in [1.807, 2.05) is 12.1 Å². The highest BCUT2D eigenvalue weighted by molar-refractivity contribution is 9.11. The molecule has 0 aliphatic rings. The topological polar surface area (TPSA) is 52.9 Å². The Kier molecular flexibility index (Phi) is 4.81. The van der Waals surface area contributed by atoms with E-state index in [-0.39, 0.29) is 5.91 Å². The lowest BCUT2D eigenvalue weighted by atomic mass is 10.2. The molecule has 3 nitrogen and oxygen atoms in total. The number of benzene rings is 2. The third-order valence-corrected chi connectivity index (χ3v) is 4.03. The van der Waals surface area contributed by atoms with Crippen molar-refractivity contribution in [2.75, 3.05) is 5.32 Å². The minimum atomic E-state index is -0.274. The van der Waals surface area contributed by atoms with Crippen LogP contribution >= 0.6 is 43.5 Å². The van der Waals surface area contributed by atoms with Crippen LogP contribution in [0.3, 0.4) is 0 Å². The fraction of sp³-hybridized carbons (Fsp3) is 0. The molecule has 0 aliphatic heterocycles. The zero-order chi connectivity index (χ0) is 14.7. The highest BCUT2D eigenvalue weighted by Crippen LogP contribution is 2.24. The van der Waals surface area contributed by atoms with Crippen molar-refractivity contribution in [3.8, 4) is 6.07 Å². The van der Waals surface area contributed by atoms with E-state index < -0.39 is 0 Å². The Balaban J connectivity index is 2.28. The average molecular weight is 414 g/mol. The van der Waals surface area contributed by atoms with Gasteiger partial charge in [-0.25, -0.2) is 0 Å². The van der Waals surface area contributed by atoms with Crippen molar-refractivity contribution in [1.29, 1.82) is 5.26 Å². The summed E-state index contributed by atoms with van der Waals surface area (Å²) in [6.45, 7) is 0. The highest BCUT2D eigenvalue weighted by atomic mass is 79.9. The smallest absolute Gasteiger partial charge is 0.256 e.